The molecule has 0 aromatic carbocycles. The van der Waals surface area contributed by atoms with Crippen LogP contribution in [-0.4, -0.2) is 56.4 Å². The molecular weight excluding hydrogens is 252 g/mol. The molecule has 0 radical (unpaired) electrons. The molecule has 1 N–H and O–H groups in total. The highest BCUT2D eigenvalue weighted by atomic mass is 32.2. The van der Waals surface area contributed by atoms with Gasteiger partial charge >= 0.3 is 0 Å². The van der Waals surface area contributed by atoms with Gasteiger partial charge in [0.15, 0.2) is 9.84 Å². The number of nitrogens with one attached hydrogen (secondary N) is 1. The lowest BCUT2D eigenvalue weighted by molar-refractivity contribution is -0.137. The first-order chi connectivity index (χ1) is 8.44. The number of carbonyl (C=O) groups excluding carboxylic acids is 1. The molecule has 18 heavy (non-hydrogen) atoms. The molecule has 0 aromatic heterocycles. The zero-order valence-electron chi connectivity index (χ0n) is 11.1. The number of hydrogen-bond acceptors (Lipinski definition) is 4. The van der Waals surface area contributed by atoms with Crippen molar-refractivity contribution < 1.29 is 13.2 Å². The summed E-state index contributed by atoms with van der Waals surface area (Å²) in [4.78, 5) is 14.3. The number of amides is 1. The van der Waals surface area contributed by atoms with E-state index in [0.717, 1.165) is 13.1 Å². The molecule has 2 aliphatic rings. The first-order valence-electron chi connectivity index (χ1n) is 6.66. The Morgan fingerprint density at radius 1 is 1.39 bits per heavy atom. The van der Waals surface area contributed by atoms with Gasteiger partial charge in [0.25, 0.3) is 0 Å². The average molecular weight is 274 g/mol. The molecule has 3 atom stereocenters. The van der Waals surface area contributed by atoms with Gasteiger partial charge in [0.2, 0.25) is 5.91 Å². The van der Waals surface area contributed by atoms with E-state index in [0.29, 0.717) is 18.9 Å². The molecule has 104 valence electrons. The second-order valence-corrected chi connectivity index (χ2v) is 7.65. The minimum absolute atomic E-state index is 0.00764. The Balaban J connectivity index is 2.07. The monoisotopic (exact) mass is 274 g/mol. The van der Waals surface area contributed by atoms with Crippen LogP contribution in [0.25, 0.3) is 0 Å². The SMILES string of the molecule is CCN(C(=O)[C@@H]1CNC[C@H]1C)C1CCS(=O)(=O)C1. The van der Waals surface area contributed by atoms with Crippen LogP contribution in [0.1, 0.15) is 20.3 Å². The maximum Gasteiger partial charge on any atom is 0.227 e. The van der Waals surface area contributed by atoms with E-state index in [2.05, 4.69) is 12.2 Å². The maximum absolute atomic E-state index is 12.5. The zero-order valence-corrected chi connectivity index (χ0v) is 11.9. The third-order valence-electron chi connectivity index (χ3n) is 4.11. The lowest BCUT2D eigenvalue weighted by atomic mass is 9.96. The van der Waals surface area contributed by atoms with Gasteiger partial charge in [-0.3, -0.25) is 4.79 Å². The van der Waals surface area contributed by atoms with Crippen LogP contribution in [0.5, 0.6) is 0 Å². The summed E-state index contributed by atoms with van der Waals surface area (Å²) < 4.78 is 23.0. The van der Waals surface area contributed by atoms with Gasteiger partial charge in [-0.25, -0.2) is 8.42 Å². The fraction of sp³-hybridized carbons (Fsp3) is 0.917. The molecule has 0 bridgehead atoms. The molecule has 2 saturated heterocycles. The molecule has 0 saturated carbocycles. The van der Waals surface area contributed by atoms with Crippen molar-refractivity contribution in [2.24, 2.45) is 11.8 Å². The molecule has 1 unspecified atom stereocenters. The summed E-state index contributed by atoms with van der Waals surface area (Å²) in [6.45, 7) is 6.19. The fourth-order valence-corrected chi connectivity index (χ4v) is 4.70. The quantitative estimate of drug-likeness (QED) is 0.779. The predicted molar refractivity (Wildman–Crippen MR) is 70.0 cm³/mol. The molecule has 2 aliphatic heterocycles. The molecule has 0 aliphatic carbocycles. The van der Waals surface area contributed by atoms with E-state index in [1.54, 1.807) is 4.90 Å². The summed E-state index contributed by atoms with van der Waals surface area (Å²) in [5, 5.41) is 3.22. The van der Waals surface area contributed by atoms with Crippen LogP contribution in [0.4, 0.5) is 0 Å². The van der Waals surface area contributed by atoms with Crippen LogP contribution in [-0.2, 0) is 14.6 Å². The number of rotatable bonds is 3. The van der Waals surface area contributed by atoms with E-state index in [-0.39, 0.29) is 29.4 Å². The number of carbonyl (C=O) groups is 1. The van der Waals surface area contributed by atoms with Gasteiger partial charge in [-0.05, 0) is 25.8 Å². The van der Waals surface area contributed by atoms with Gasteiger partial charge < -0.3 is 10.2 Å². The van der Waals surface area contributed by atoms with Gasteiger partial charge in [-0.1, -0.05) is 6.92 Å². The van der Waals surface area contributed by atoms with E-state index in [1.165, 1.54) is 0 Å². The van der Waals surface area contributed by atoms with Gasteiger partial charge in [0.05, 0.1) is 17.4 Å². The topological polar surface area (TPSA) is 66.5 Å². The molecular formula is C12H22N2O3S. The highest BCUT2D eigenvalue weighted by Gasteiger charge is 2.38. The molecule has 6 heteroatoms. The van der Waals surface area contributed by atoms with Crippen molar-refractivity contribution >= 4 is 15.7 Å². The fourth-order valence-electron chi connectivity index (χ4n) is 2.97. The molecule has 0 spiro atoms. The van der Waals surface area contributed by atoms with Crippen molar-refractivity contribution in [1.82, 2.24) is 10.2 Å². The van der Waals surface area contributed by atoms with Crippen LogP contribution in [0.2, 0.25) is 0 Å². The lowest BCUT2D eigenvalue weighted by Crippen LogP contribution is -2.45. The van der Waals surface area contributed by atoms with E-state index in [4.69, 9.17) is 0 Å². The number of sulfone groups is 1. The molecule has 2 heterocycles. The zero-order chi connectivity index (χ0) is 13.3. The highest BCUT2D eigenvalue weighted by molar-refractivity contribution is 7.91. The van der Waals surface area contributed by atoms with Gasteiger partial charge in [0, 0.05) is 19.1 Å². The Morgan fingerprint density at radius 3 is 2.56 bits per heavy atom. The second-order valence-electron chi connectivity index (χ2n) is 5.42. The Kier molecular flexibility index (Phi) is 3.96. The number of hydrogen-bond donors (Lipinski definition) is 1. The molecule has 1 amide bonds. The number of nitrogens with zero attached hydrogens (tertiary/aromatic N) is 1. The summed E-state index contributed by atoms with van der Waals surface area (Å²) in [5.74, 6) is 0.830. The van der Waals surface area contributed by atoms with Crippen LogP contribution in [0.15, 0.2) is 0 Å². The summed E-state index contributed by atoms with van der Waals surface area (Å²) in [5.41, 5.74) is 0. The van der Waals surface area contributed by atoms with Crippen molar-refractivity contribution in [3.63, 3.8) is 0 Å². The van der Waals surface area contributed by atoms with Crippen LogP contribution >= 0.6 is 0 Å². The van der Waals surface area contributed by atoms with Crippen molar-refractivity contribution in [2.45, 2.75) is 26.3 Å². The van der Waals surface area contributed by atoms with E-state index < -0.39 is 9.84 Å². The van der Waals surface area contributed by atoms with E-state index in [9.17, 15) is 13.2 Å². The average Bonchev–Trinajstić information content (AvgIpc) is 2.86. The second kappa shape index (κ2) is 5.17. The predicted octanol–water partition coefficient (Wildman–Crippen LogP) is -0.122. The van der Waals surface area contributed by atoms with Gasteiger partial charge in [-0.2, -0.15) is 0 Å². The van der Waals surface area contributed by atoms with E-state index >= 15 is 0 Å². The minimum atomic E-state index is -2.93. The van der Waals surface area contributed by atoms with Crippen LogP contribution < -0.4 is 5.32 Å². The van der Waals surface area contributed by atoms with Crippen LogP contribution in [0.3, 0.4) is 0 Å². The smallest absolute Gasteiger partial charge is 0.227 e. The molecule has 2 rings (SSSR count). The molecule has 2 fully saturated rings. The Morgan fingerprint density at radius 2 is 2.11 bits per heavy atom. The Labute approximate surface area is 109 Å². The third kappa shape index (κ3) is 2.69. The standard InChI is InChI=1S/C12H22N2O3S/c1-3-14(10-4-5-18(16,17)8-10)12(15)11-7-13-6-9(11)2/h9-11,13H,3-8H2,1-2H3/t9-,10?,11-/m1/s1. The summed E-state index contributed by atoms with van der Waals surface area (Å²) in [6.07, 6.45) is 0.594. The Bertz CT molecular complexity index is 421. The highest BCUT2D eigenvalue weighted by Crippen LogP contribution is 2.24. The van der Waals surface area contributed by atoms with Crippen molar-refractivity contribution in [3.8, 4) is 0 Å². The summed E-state index contributed by atoms with van der Waals surface area (Å²) >= 11 is 0. The molecule has 0 aromatic rings. The van der Waals surface area contributed by atoms with Crippen molar-refractivity contribution in [1.29, 1.82) is 0 Å². The largest absolute Gasteiger partial charge is 0.339 e. The van der Waals surface area contributed by atoms with Crippen LogP contribution in [0, 0.1) is 11.8 Å². The van der Waals surface area contributed by atoms with Crippen molar-refractivity contribution in [3.05, 3.63) is 0 Å². The summed E-state index contributed by atoms with van der Waals surface area (Å²) in [7, 11) is -2.93. The summed E-state index contributed by atoms with van der Waals surface area (Å²) in [6, 6.07) is -0.111. The Hall–Kier alpha value is -0.620. The van der Waals surface area contributed by atoms with Gasteiger partial charge in [-0.15, -0.1) is 0 Å². The third-order valence-corrected chi connectivity index (χ3v) is 5.86. The van der Waals surface area contributed by atoms with Crippen molar-refractivity contribution in [2.75, 3.05) is 31.1 Å². The first kappa shape index (κ1) is 13.8. The van der Waals surface area contributed by atoms with Gasteiger partial charge in [0.1, 0.15) is 0 Å². The minimum Gasteiger partial charge on any atom is -0.339 e. The normalized spacial score (nSPS) is 34.7. The first-order valence-corrected chi connectivity index (χ1v) is 8.48. The maximum atomic E-state index is 12.5. The molecule has 5 nitrogen and oxygen atoms in total. The van der Waals surface area contributed by atoms with E-state index in [1.807, 2.05) is 6.92 Å². The lowest BCUT2D eigenvalue weighted by Gasteiger charge is -2.30.